The summed E-state index contributed by atoms with van der Waals surface area (Å²) in [5.41, 5.74) is 7.23. The fraction of sp³-hybridized carbons (Fsp3) is 0.214. The number of fused-ring (bicyclic) bond motifs is 1. The number of hydrogen-bond donors (Lipinski definition) is 1. The first-order chi connectivity index (χ1) is 9.17. The molecule has 0 amide bonds. The summed E-state index contributed by atoms with van der Waals surface area (Å²) in [5, 5.41) is 5.13. The summed E-state index contributed by atoms with van der Waals surface area (Å²) in [6.07, 6.45) is 3.74. The van der Waals surface area contributed by atoms with Crippen LogP contribution in [0.3, 0.4) is 0 Å². The smallest absolute Gasteiger partial charge is 0.123 e. The molecule has 2 aromatic heterocycles. The predicted molar refractivity (Wildman–Crippen MR) is 75.7 cm³/mol. The molecule has 5 heteroatoms. The van der Waals surface area contributed by atoms with E-state index in [-0.39, 0.29) is 11.9 Å². The molecule has 1 aromatic carbocycles. The van der Waals surface area contributed by atoms with E-state index in [1.165, 1.54) is 12.1 Å². The molecule has 98 valence electrons. The van der Waals surface area contributed by atoms with Crippen LogP contribution in [0.2, 0.25) is 0 Å². The largest absolute Gasteiger partial charge is 0.320 e. The highest BCUT2D eigenvalue weighted by atomic mass is 32.1. The summed E-state index contributed by atoms with van der Waals surface area (Å²) in [6.45, 7) is 2.86. The standard InChI is InChI=1S/C14H14FN3S/c1-2-18-8-10(7-17-18)14(16)13-6-9-5-11(15)3-4-12(9)19-13/h3-8,14H,2,16H2,1H3. The van der Waals surface area contributed by atoms with Gasteiger partial charge < -0.3 is 5.73 Å². The molecule has 1 atom stereocenters. The highest BCUT2D eigenvalue weighted by Gasteiger charge is 2.14. The molecule has 3 rings (SSSR count). The monoisotopic (exact) mass is 275 g/mol. The molecule has 0 aliphatic carbocycles. The summed E-state index contributed by atoms with van der Waals surface area (Å²) in [6, 6.07) is 6.56. The van der Waals surface area contributed by atoms with E-state index in [0.29, 0.717) is 0 Å². The van der Waals surface area contributed by atoms with Gasteiger partial charge in [0.15, 0.2) is 0 Å². The number of hydrogen-bond acceptors (Lipinski definition) is 3. The topological polar surface area (TPSA) is 43.8 Å². The molecule has 1 unspecified atom stereocenters. The van der Waals surface area contributed by atoms with E-state index >= 15 is 0 Å². The molecule has 0 aliphatic heterocycles. The first kappa shape index (κ1) is 12.3. The van der Waals surface area contributed by atoms with E-state index < -0.39 is 0 Å². The summed E-state index contributed by atoms with van der Waals surface area (Å²) in [7, 11) is 0. The van der Waals surface area contributed by atoms with Crippen molar-refractivity contribution in [3.05, 3.63) is 52.9 Å². The highest BCUT2D eigenvalue weighted by molar-refractivity contribution is 7.19. The summed E-state index contributed by atoms with van der Waals surface area (Å²) in [4.78, 5) is 1.02. The Kier molecular flexibility index (Phi) is 3.08. The van der Waals surface area contributed by atoms with Crippen LogP contribution in [0.4, 0.5) is 4.39 Å². The van der Waals surface area contributed by atoms with Crippen molar-refractivity contribution in [2.75, 3.05) is 0 Å². The molecular weight excluding hydrogens is 261 g/mol. The zero-order valence-electron chi connectivity index (χ0n) is 10.5. The van der Waals surface area contributed by atoms with Gasteiger partial charge in [-0.3, -0.25) is 4.68 Å². The SMILES string of the molecule is CCn1cc(C(N)c2cc3cc(F)ccc3s2)cn1. The predicted octanol–water partition coefficient (Wildman–Crippen LogP) is 3.30. The first-order valence-electron chi connectivity index (χ1n) is 6.14. The van der Waals surface area contributed by atoms with Gasteiger partial charge in [0.1, 0.15) is 5.82 Å². The van der Waals surface area contributed by atoms with Gasteiger partial charge in [-0.1, -0.05) is 0 Å². The van der Waals surface area contributed by atoms with Gasteiger partial charge in [0.25, 0.3) is 0 Å². The number of aryl methyl sites for hydroxylation is 1. The van der Waals surface area contributed by atoms with Crippen LogP contribution in [0.5, 0.6) is 0 Å². The van der Waals surface area contributed by atoms with Crippen molar-refractivity contribution in [3.8, 4) is 0 Å². The molecule has 0 spiro atoms. The number of aromatic nitrogens is 2. The molecule has 3 aromatic rings. The molecule has 0 saturated heterocycles. The zero-order valence-corrected chi connectivity index (χ0v) is 11.3. The van der Waals surface area contributed by atoms with Crippen molar-refractivity contribution in [3.63, 3.8) is 0 Å². The van der Waals surface area contributed by atoms with E-state index in [2.05, 4.69) is 5.10 Å². The van der Waals surface area contributed by atoms with Crippen molar-refractivity contribution in [2.45, 2.75) is 19.5 Å². The zero-order chi connectivity index (χ0) is 13.4. The third-order valence-corrected chi connectivity index (χ3v) is 4.34. The Morgan fingerprint density at radius 2 is 2.26 bits per heavy atom. The van der Waals surface area contributed by atoms with E-state index in [1.807, 2.05) is 23.9 Å². The van der Waals surface area contributed by atoms with E-state index in [0.717, 1.165) is 27.1 Å². The van der Waals surface area contributed by atoms with Gasteiger partial charge >= 0.3 is 0 Å². The second-order valence-electron chi connectivity index (χ2n) is 4.44. The van der Waals surface area contributed by atoms with Gasteiger partial charge in [0.05, 0.1) is 12.2 Å². The van der Waals surface area contributed by atoms with E-state index in [1.54, 1.807) is 23.6 Å². The van der Waals surface area contributed by atoms with Crippen LogP contribution >= 0.6 is 11.3 Å². The van der Waals surface area contributed by atoms with Crippen LogP contribution in [0.1, 0.15) is 23.4 Å². The van der Waals surface area contributed by atoms with Gasteiger partial charge in [0, 0.05) is 27.9 Å². The Labute approximate surface area is 114 Å². The lowest BCUT2D eigenvalue weighted by Gasteiger charge is -2.05. The second kappa shape index (κ2) is 4.75. The molecule has 0 fully saturated rings. The van der Waals surface area contributed by atoms with Crippen LogP contribution < -0.4 is 5.73 Å². The van der Waals surface area contributed by atoms with Crippen molar-refractivity contribution in [1.29, 1.82) is 0 Å². The third-order valence-electron chi connectivity index (χ3n) is 3.14. The Hall–Kier alpha value is -1.72. The second-order valence-corrected chi connectivity index (χ2v) is 5.55. The minimum Gasteiger partial charge on any atom is -0.320 e. The minimum absolute atomic E-state index is 0.208. The summed E-state index contributed by atoms with van der Waals surface area (Å²) >= 11 is 1.60. The average molecular weight is 275 g/mol. The Morgan fingerprint density at radius 3 is 3.00 bits per heavy atom. The maximum absolute atomic E-state index is 13.2. The lowest BCUT2D eigenvalue weighted by atomic mass is 10.1. The minimum atomic E-state index is -0.218. The summed E-state index contributed by atoms with van der Waals surface area (Å²) in [5.74, 6) is -0.218. The van der Waals surface area contributed by atoms with Gasteiger partial charge in [-0.05, 0) is 36.6 Å². The average Bonchev–Trinajstić information content (AvgIpc) is 3.03. The van der Waals surface area contributed by atoms with Crippen LogP contribution in [0.25, 0.3) is 10.1 Å². The Morgan fingerprint density at radius 1 is 1.42 bits per heavy atom. The first-order valence-corrected chi connectivity index (χ1v) is 6.96. The maximum Gasteiger partial charge on any atom is 0.123 e. The maximum atomic E-state index is 13.2. The molecule has 0 bridgehead atoms. The number of nitrogens with zero attached hydrogens (tertiary/aromatic N) is 2. The van der Waals surface area contributed by atoms with Crippen molar-refractivity contribution in [2.24, 2.45) is 5.73 Å². The molecule has 0 saturated carbocycles. The van der Waals surface area contributed by atoms with Crippen LogP contribution in [0, 0.1) is 5.82 Å². The van der Waals surface area contributed by atoms with Crippen molar-refractivity contribution < 1.29 is 4.39 Å². The molecule has 2 N–H and O–H groups in total. The molecule has 0 radical (unpaired) electrons. The highest BCUT2D eigenvalue weighted by Crippen LogP contribution is 2.32. The number of rotatable bonds is 3. The van der Waals surface area contributed by atoms with Crippen LogP contribution in [-0.2, 0) is 6.54 Å². The molecule has 19 heavy (non-hydrogen) atoms. The fourth-order valence-electron chi connectivity index (χ4n) is 2.07. The van der Waals surface area contributed by atoms with Crippen LogP contribution in [0.15, 0.2) is 36.7 Å². The number of thiophene rings is 1. The van der Waals surface area contributed by atoms with Gasteiger partial charge in [-0.2, -0.15) is 5.10 Å². The lowest BCUT2D eigenvalue weighted by molar-refractivity contribution is 0.630. The molecule has 2 heterocycles. The quantitative estimate of drug-likeness (QED) is 0.797. The van der Waals surface area contributed by atoms with Crippen LogP contribution in [-0.4, -0.2) is 9.78 Å². The number of halogens is 1. The van der Waals surface area contributed by atoms with Crippen molar-refractivity contribution >= 4 is 21.4 Å². The molecule has 3 nitrogen and oxygen atoms in total. The molecule has 0 aliphatic rings. The fourth-order valence-corrected chi connectivity index (χ4v) is 3.14. The van der Waals surface area contributed by atoms with Gasteiger partial charge in [-0.15, -0.1) is 11.3 Å². The molecular formula is C14H14FN3S. The Balaban J connectivity index is 1.98. The summed E-state index contributed by atoms with van der Waals surface area (Å²) < 4.78 is 16.1. The third kappa shape index (κ3) is 2.27. The van der Waals surface area contributed by atoms with Gasteiger partial charge in [-0.25, -0.2) is 4.39 Å². The van der Waals surface area contributed by atoms with Gasteiger partial charge in [0.2, 0.25) is 0 Å². The van der Waals surface area contributed by atoms with Crippen molar-refractivity contribution in [1.82, 2.24) is 9.78 Å². The Bertz CT molecular complexity index is 716. The lowest BCUT2D eigenvalue weighted by Crippen LogP contribution is -2.09. The van der Waals surface area contributed by atoms with E-state index in [4.69, 9.17) is 5.73 Å². The number of benzene rings is 1. The number of nitrogens with two attached hydrogens (primary N) is 1. The van der Waals surface area contributed by atoms with E-state index in [9.17, 15) is 4.39 Å². The normalized spacial score (nSPS) is 13.0.